The molecule has 0 fully saturated rings. The Kier molecular flexibility index (Phi) is 4.03. The summed E-state index contributed by atoms with van der Waals surface area (Å²) in [7, 11) is 1.61. The van der Waals surface area contributed by atoms with Crippen molar-refractivity contribution in [3.63, 3.8) is 0 Å². The summed E-state index contributed by atoms with van der Waals surface area (Å²) in [5.41, 5.74) is 2.43. The summed E-state index contributed by atoms with van der Waals surface area (Å²) < 4.78 is 9.65. The van der Waals surface area contributed by atoms with Gasteiger partial charge in [-0.2, -0.15) is 4.98 Å². The maximum Gasteiger partial charge on any atom is 0.271 e. The van der Waals surface area contributed by atoms with Gasteiger partial charge in [0.15, 0.2) is 16.4 Å². The number of nitrogens with zero attached hydrogens (tertiary/aromatic N) is 4. The van der Waals surface area contributed by atoms with Crippen molar-refractivity contribution in [2.75, 3.05) is 7.11 Å². The Labute approximate surface area is 200 Å². The normalized spacial score (nSPS) is 12.4. The molecule has 1 aliphatic heterocycles. The Hall–Kier alpha value is -3.95. The molecule has 0 bridgehead atoms. The molecule has 7 nitrogen and oxygen atoms in total. The van der Waals surface area contributed by atoms with Crippen LogP contribution in [0.2, 0.25) is 0 Å². The monoisotopic (exact) mass is 481 g/mol. The molecule has 0 saturated carbocycles. The highest BCUT2D eigenvalue weighted by Crippen LogP contribution is 2.41. The SMILES string of the molecule is COc1ccc2sc3nc4nc5n(c(=O)c4c(=N)n3c2c1)-c1ccccc1Sc1ccccc1-5. The number of benzene rings is 3. The van der Waals surface area contributed by atoms with Crippen molar-refractivity contribution in [2.24, 2.45) is 0 Å². The molecule has 1 N–H and O–H groups in total. The van der Waals surface area contributed by atoms with Crippen LogP contribution in [0.5, 0.6) is 5.75 Å². The van der Waals surface area contributed by atoms with Gasteiger partial charge in [0.2, 0.25) is 0 Å². The summed E-state index contributed by atoms with van der Waals surface area (Å²) >= 11 is 3.06. The van der Waals surface area contributed by atoms with Crippen LogP contribution in [0.1, 0.15) is 0 Å². The maximum absolute atomic E-state index is 14.1. The minimum absolute atomic E-state index is 0.0648. The quantitative estimate of drug-likeness (QED) is 0.362. The summed E-state index contributed by atoms with van der Waals surface area (Å²) in [5, 5.41) is 9.21. The lowest BCUT2D eigenvalue weighted by molar-refractivity contribution is 0.415. The number of nitrogens with one attached hydrogen (secondary N) is 1. The van der Waals surface area contributed by atoms with Crippen molar-refractivity contribution in [3.8, 4) is 22.8 Å². The van der Waals surface area contributed by atoms with Crippen molar-refractivity contribution < 1.29 is 4.74 Å². The number of thiazole rings is 1. The van der Waals surface area contributed by atoms with E-state index >= 15 is 0 Å². The second-order valence-corrected chi connectivity index (χ2v) is 9.95. The fourth-order valence-corrected chi connectivity index (χ4v) is 6.48. The molecule has 3 aromatic heterocycles. The summed E-state index contributed by atoms with van der Waals surface area (Å²) in [5.74, 6) is 1.21. The molecule has 0 saturated heterocycles. The van der Waals surface area contributed by atoms with Gasteiger partial charge >= 0.3 is 0 Å². The minimum Gasteiger partial charge on any atom is -0.497 e. The van der Waals surface area contributed by atoms with Crippen LogP contribution in [0.3, 0.4) is 0 Å². The van der Waals surface area contributed by atoms with Gasteiger partial charge in [-0.15, -0.1) is 0 Å². The second-order valence-electron chi connectivity index (χ2n) is 7.85. The van der Waals surface area contributed by atoms with Crippen molar-refractivity contribution >= 4 is 49.3 Å². The first-order valence-electron chi connectivity index (χ1n) is 10.5. The summed E-state index contributed by atoms with van der Waals surface area (Å²) in [4.78, 5) is 26.3. The van der Waals surface area contributed by atoms with E-state index in [0.29, 0.717) is 16.5 Å². The van der Waals surface area contributed by atoms with Gasteiger partial charge in [0.05, 0.1) is 23.0 Å². The molecule has 3 aromatic carbocycles. The lowest BCUT2D eigenvalue weighted by Gasteiger charge is -2.13. The first-order valence-corrected chi connectivity index (χ1v) is 12.1. The molecule has 6 aromatic rings. The van der Waals surface area contributed by atoms with Crippen molar-refractivity contribution in [2.45, 2.75) is 9.79 Å². The van der Waals surface area contributed by atoms with Crippen LogP contribution in [0.4, 0.5) is 0 Å². The molecule has 0 atom stereocenters. The van der Waals surface area contributed by atoms with E-state index in [1.54, 1.807) is 27.8 Å². The third kappa shape index (κ3) is 2.59. The van der Waals surface area contributed by atoms with E-state index in [-0.39, 0.29) is 22.1 Å². The molecule has 34 heavy (non-hydrogen) atoms. The van der Waals surface area contributed by atoms with E-state index < -0.39 is 0 Å². The Morgan fingerprint density at radius 3 is 2.62 bits per heavy atom. The molecular weight excluding hydrogens is 466 g/mol. The van der Waals surface area contributed by atoms with Gasteiger partial charge in [0.25, 0.3) is 5.56 Å². The van der Waals surface area contributed by atoms with Gasteiger partial charge < -0.3 is 4.74 Å². The lowest BCUT2D eigenvalue weighted by Crippen LogP contribution is -2.29. The zero-order chi connectivity index (χ0) is 23.0. The van der Waals surface area contributed by atoms with Gasteiger partial charge in [-0.05, 0) is 30.3 Å². The summed E-state index contributed by atoms with van der Waals surface area (Å²) in [6, 6.07) is 21.4. The van der Waals surface area contributed by atoms with Gasteiger partial charge in [-0.25, -0.2) is 4.98 Å². The fraction of sp³-hybridized carbons (Fsp3) is 0.0400. The molecule has 4 heterocycles. The zero-order valence-corrected chi connectivity index (χ0v) is 19.4. The molecular formula is C25H15N5O2S2. The standard InChI is InChI=1S/C25H15N5O2S2/c1-32-13-10-11-19-16(12-13)29-21(26)20-22(28-25(29)34-19)27-23-14-6-2-4-8-17(14)33-18-9-5-3-7-15(18)30(23)24(20)31/h2-12,26H,1H3. The van der Waals surface area contributed by atoms with Gasteiger partial charge in [0, 0.05) is 21.4 Å². The molecule has 9 heteroatoms. The third-order valence-corrected chi connectivity index (χ3v) is 8.14. The Balaban J connectivity index is 1.68. The zero-order valence-electron chi connectivity index (χ0n) is 17.8. The molecule has 7 rings (SSSR count). The largest absolute Gasteiger partial charge is 0.497 e. The number of para-hydroxylation sites is 1. The van der Waals surface area contributed by atoms with E-state index in [9.17, 15) is 4.79 Å². The third-order valence-electron chi connectivity index (χ3n) is 5.98. The number of methoxy groups -OCH3 is 1. The van der Waals surface area contributed by atoms with Crippen LogP contribution in [0.25, 0.3) is 43.3 Å². The van der Waals surface area contributed by atoms with Crippen LogP contribution < -0.4 is 15.8 Å². The highest BCUT2D eigenvalue weighted by molar-refractivity contribution is 7.99. The number of aromatic nitrogens is 4. The Morgan fingerprint density at radius 1 is 0.971 bits per heavy atom. The molecule has 0 aliphatic carbocycles. The van der Waals surface area contributed by atoms with Crippen molar-refractivity contribution in [3.05, 3.63) is 82.6 Å². The topological polar surface area (TPSA) is 85.3 Å². The minimum atomic E-state index is -0.307. The predicted octanol–water partition coefficient (Wildman–Crippen LogP) is 4.87. The number of hydrogen-bond acceptors (Lipinski definition) is 7. The Morgan fingerprint density at radius 2 is 1.76 bits per heavy atom. The number of ether oxygens (including phenoxy) is 1. The summed E-state index contributed by atoms with van der Waals surface area (Å²) in [6.07, 6.45) is 0. The number of fused-ring (bicyclic) bond motifs is 9. The molecule has 0 amide bonds. The van der Waals surface area contributed by atoms with E-state index in [1.807, 2.05) is 66.7 Å². The highest BCUT2D eigenvalue weighted by Gasteiger charge is 2.25. The predicted molar refractivity (Wildman–Crippen MR) is 133 cm³/mol. The molecule has 0 unspecified atom stereocenters. The van der Waals surface area contributed by atoms with Gasteiger partial charge in [-0.3, -0.25) is 19.2 Å². The number of rotatable bonds is 1. The first kappa shape index (κ1) is 19.5. The van der Waals surface area contributed by atoms with Crippen LogP contribution in [-0.2, 0) is 0 Å². The number of hydrogen-bond donors (Lipinski definition) is 1. The summed E-state index contributed by atoms with van der Waals surface area (Å²) in [6.45, 7) is 0. The van der Waals surface area contributed by atoms with E-state index in [1.165, 1.54) is 11.3 Å². The average Bonchev–Trinajstić information content (AvgIpc) is 3.15. The molecule has 0 spiro atoms. The molecule has 1 aliphatic rings. The van der Waals surface area contributed by atoms with E-state index in [4.69, 9.17) is 20.1 Å². The van der Waals surface area contributed by atoms with Crippen LogP contribution in [0.15, 0.2) is 81.3 Å². The average molecular weight is 482 g/mol. The van der Waals surface area contributed by atoms with Gasteiger partial charge in [0.1, 0.15) is 16.6 Å². The van der Waals surface area contributed by atoms with Crippen molar-refractivity contribution in [1.82, 2.24) is 18.9 Å². The molecule has 164 valence electrons. The van der Waals surface area contributed by atoms with Crippen LogP contribution >= 0.6 is 23.1 Å². The first-order chi connectivity index (χ1) is 16.6. The smallest absolute Gasteiger partial charge is 0.271 e. The second kappa shape index (κ2) is 7.02. The lowest BCUT2D eigenvalue weighted by atomic mass is 10.2. The highest BCUT2D eigenvalue weighted by atomic mass is 32.2. The van der Waals surface area contributed by atoms with Crippen molar-refractivity contribution in [1.29, 1.82) is 5.41 Å². The van der Waals surface area contributed by atoms with Crippen LogP contribution in [0, 0.1) is 5.41 Å². The maximum atomic E-state index is 14.1. The van der Waals surface area contributed by atoms with E-state index in [2.05, 4.69) is 0 Å². The molecule has 0 radical (unpaired) electrons. The van der Waals surface area contributed by atoms with Gasteiger partial charge in [-0.1, -0.05) is 53.4 Å². The van der Waals surface area contributed by atoms with E-state index in [0.717, 1.165) is 31.3 Å². The Bertz CT molecular complexity index is 1940. The van der Waals surface area contributed by atoms with Crippen LogP contribution in [-0.4, -0.2) is 26.0 Å². The fourth-order valence-electron chi connectivity index (χ4n) is 4.41.